The Hall–Kier alpha value is -1.55. The minimum Gasteiger partial charge on any atom is -0.508 e. The molecule has 0 atom stereocenters. The standard InChI is InChI=1S/C10H12N2O2/c1-2-12-10(6-13)8-4-3-7(14)5-9(8)11-12/h3-5,13-14H,2,6H2,1H3. The van der Waals surface area contributed by atoms with E-state index >= 15 is 0 Å². The Balaban J connectivity index is 2.73. The largest absolute Gasteiger partial charge is 0.508 e. The number of rotatable bonds is 2. The number of nitrogens with zero attached hydrogens (tertiary/aromatic N) is 2. The van der Waals surface area contributed by atoms with Gasteiger partial charge in [-0.15, -0.1) is 0 Å². The van der Waals surface area contributed by atoms with Crippen LogP contribution in [0.25, 0.3) is 10.9 Å². The molecular formula is C10H12N2O2. The molecule has 14 heavy (non-hydrogen) atoms. The first-order valence-electron chi connectivity index (χ1n) is 4.55. The number of aromatic hydroxyl groups is 1. The summed E-state index contributed by atoms with van der Waals surface area (Å²) in [5, 5.41) is 23.6. The number of hydrogen-bond acceptors (Lipinski definition) is 3. The fourth-order valence-corrected chi connectivity index (χ4v) is 1.60. The summed E-state index contributed by atoms with van der Waals surface area (Å²) in [6.45, 7) is 2.64. The van der Waals surface area contributed by atoms with Crippen LogP contribution in [0.1, 0.15) is 12.6 Å². The van der Waals surface area contributed by atoms with Crippen LogP contribution < -0.4 is 0 Å². The van der Waals surface area contributed by atoms with Gasteiger partial charge in [-0.25, -0.2) is 0 Å². The first-order valence-corrected chi connectivity index (χ1v) is 4.55. The lowest BCUT2D eigenvalue weighted by Crippen LogP contribution is -2.01. The van der Waals surface area contributed by atoms with E-state index in [2.05, 4.69) is 5.10 Å². The molecule has 0 spiro atoms. The molecule has 1 heterocycles. The number of phenolic OH excluding ortho intramolecular Hbond substituents is 1. The maximum Gasteiger partial charge on any atom is 0.117 e. The number of aliphatic hydroxyl groups excluding tert-OH is 1. The van der Waals surface area contributed by atoms with Crippen molar-refractivity contribution < 1.29 is 10.2 Å². The van der Waals surface area contributed by atoms with Gasteiger partial charge in [-0.05, 0) is 19.1 Å². The van der Waals surface area contributed by atoms with Crippen LogP contribution in [0.3, 0.4) is 0 Å². The highest BCUT2D eigenvalue weighted by molar-refractivity contribution is 5.82. The summed E-state index contributed by atoms with van der Waals surface area (Å²) in [5.74, 6) is 0.197. The molecule has 0 aliphatic carbocycles. The van der Waals surface area contributed by atoms with E-state index in [-0.39, 0.29) is 12.4 Å². The smallest absolute Gasteiger partial charge is 0.117 e. The molecule has 0 bridgehead atoms. The Morgan fingerprint density at radius 2 is 2.21 bits per heavy atom. The summed E-state index contributed by atoms with van der Waals surface area (Å²) in [6, 6.07) is 4.97. The number of aliphatic hydroxyl groups is 1. The molecule has 2 aromatic rings. The first kappa shape index (κ1) is 9.02. The maximum atomic E-state index is 9.26. The zero-order valence-electron chi connectivity index (χ0n) is 7.94. The molecule has 0 aliphatic rings. The van der Waals surface area contributed by atoms with Gasteiger partial charge in [0.2, 0.25) is 0 Å². The lowest BCUT2D eigenvalue weighted by molar-refractivity contribution is 0.270. The third-order valence-corrected chi connectivity index (χ3v) is 2.28. The van der Waals surface area contributed by atoms with Crippen LogP contribution in [0, 0.1) is 0 Å². The number of aryl methyl sites for hydroxylation is 1. The van der Waals surface area contributed by atoms with Crippen LogP contribution in [-0.4, -0.2) is 20.0 Å². The van der Waals surface area contributed by atoms with Crippen LogP contribution in [0.4, 0.5) is 0 Å². The first-order chi connectivity index (χ1) is 6.76. The van der Waals surface area contributed by atoms with Crippen molar-refractivity contribution in [2.24, 2.45) is 0 Å². The fourth-order valence-electron chi connectivity index (χ4n) is 1.60. The molecule has 0 saturated heterocycles. The van der Waals surface area contributed by atoms with Crippen molar-refractivity contribution in [3.63, 3.8) is 0 Å². The lowest BCUT2D eigenvalue weighted by Gasteiger charge is -1.99. The van der Waals surface area contributed by atoms with Gasteiger partial charge in [0, 0.05) is 18.0 Å². The molecule has 0 saturated carbocycles. The summed E-state index contributed by atoms with van der Waals surface area (Å²) in [6.07, 6.45) is 0. The Morgan fingerprint density at radius 3 is 2.86 bits per heavy atom. The Bertz CT molecular complexity index is 462. The summed E-state index contributed by atoms with van der Waals surface area (Å²) in [4.78, 5) is 0. The quantitative estimate of drug-likeness (QED) is 0.753. The Kier molecular flexibility index (Phi) is 2.13. The van der Waals surface area contributed by atoms with E-state index in [1.807, 2.05) is 6.92 Å². The van der Waals surface area contributed by atoms with Crippen molar-refractivity contribution in [2.75, 3.05) is 0 Å². The summed E-state index contributed by atoms with van der Waals surface area (Å²) < 4.78 is 1.74. The van der Waals surface area contributed by atoms with Crippen molar-refractivity contribution in [3.05, 3.63) is 23.9 Å². The molecule has 4 nitrogen and oxygen atoms in total. The van der Waals surface area contributed by atoms with Gasteiger partial charge in [-0.1, -0.05) is 0 Å². The van der Waals surface area contributed by atoms with E-state index in [1.54, 1.807) is 22.9 Å². The highest BCUT2D eigenvalue weighted by Gasteiger charge is 2.08. The van der Waals surface area contributed by atoms with E-state index in [4.69, 9.17) is 0 Å². The molecule has 2 N–H and O–H groups in total. The van der Waals surface area contributed by atoms with E-state index in [0.29, 0.717) is 6.54 Å². The SMILES string of the molecule is CCn1nc2cc(O)ccc2c1CO. The lowest BCUT2D eigenvalue weighted by atomic mass is 10.2. The van der Waals surface area contributed by atoms with E-state index in [1.165, 1.54) is 0 Å². The molecule has 0 amide bonds. The van der Waals surface area contributed by atoms with Crippen LogP contribution in [0.5, 0.6) is 5.75 Å². The van der Waals surface area contributed by atoms with Gasteiger partial charge in [-0.3, -0.25) is 4.68 Å². The minimum atomic E-state index is -0.0326. The average molecular weight is 192 g/mol. The maximum absolute atomic E-state index is 9.26. The van der Waals surface area contributed by atoms with Gasteiger partial charge in [0.1, 0.15) is 5.75 Å². The molecule has 74 valence electrons. The Labute approximate surface area is 81.4 Å². The highest BCUT2D eigenvalue weighted by Crippen LogP contribution is 2.22. The summed E-state index contributed by atoms with van der Waals surface area (Å²) in [5.41, 5.74) is 1.51. The van der Waals surface area contributed by atoms with Gasteiger partial charge in [0.15, 0.2) is 0 Å². The predicted molar refractivity (Wildman–Crippen MR) is 53.0 cm³/mol. The van der Waals surface area contributed by atoms with Gasteiger partial charge in [0.25, 0.3) is 0 Å². The van der Waals surface area contributed by atoms with Crippen molar-refractivity contribution in [2.45, 2.75) is 20.1 Å². The van der Waals surface area contributed by atoms with Crippen molar-refractivity contribution in [1.82, 2.24) is 9.78 Å². The zero-order valence-corrected chi connectivity index (χ0v) is 7.94. The van der Waals surface area contributed by atoms with Gasteiger partial charge >= 0.3 is 0 Å². The molecule has 0 fully saturated rings. The average Bonchev–Trinajstić information content (AvgIpc) is 2.54. The van der Waals surface area contributed by atoms with Crippen LogP contribution in [0.15, 0.2) is 18.2 Å². The monoisotopic (exact) mass is 192 g/mol. The van der Waals surface area contributed by atoms with E-state index in [0.717, 1.165) is 16.6 Å². The predicted octanol–water partition coefficient (Wildman–Crippen LogP) is 1.25. The van der Waals surface area contributed by atoms with Crippen molar-refractivity contribution >= 4 is 10.9 Å². The number of aromatic nitrogens is 2. The second kappa shape index (κ2) is 3.31. The number of benzene rings is 1. The number of fused-ring (bicyclic) bond motifs is 1. The van der Waals surface area contributed by atoms with Gasteiger partial charge in [-0.2, -0.15) is 5.10 Å². The van der Waals surface area contributed by atoms with E-state index < -0.39 is 0 Å². The van der Waals surface area contributed by atoms with Crippen molar-refractivity contribution in [1.29, 1.82) is 0 Å². The number of hydrogen-bond donors (Lipinski definition) is 2. The minimum absolute atomic E-state index is 0.0326. The van der Waals surface area contributed by atoms with E-state index in [9.17, 15) is 10.2 Å². The van der Waals surface area contributed by atoms with Gasteiger partial charge < -0.3 is 10.2 Å². The van der Waals surface area contributed by atoms with Crippen LogP contribution in [-0.2, 0) is 13.2 Å². The number of phenols is 1. The van der Waals surface area contributed by atoms with Crippen LogP contribution in [0.2, 0.25) is 0 Å². The molecule has 1 aromatic heterocycles. The molecule has 0 unspecified atom stereocenters. The third kappa shape index (κ3) is 1.24. The summed E-state index contributed by atoms with van der Waals surface area (Å²) in [7, 11) is 0. The molecule has 0 aliphatic heterocycles. The third-order valence-electron chi connectivity index (χ3n) is 2.28. The normalized spacial score (nSPS) is 11.0. The van der Waals surface area contributed by atoms with Gasteiger partial charge in [0.05, 0.1) is 17.8 Å². The second-order valence-electron chi connectivity index (χ2n) is 3.12. The van der Waals surface area contributed by atoms with Crippen molar-refractivity contribution in [3.8, 4) is 5.75 Å². The topological polar surface area (TPSA) is 58.3 Å². The molecule has 0 radical (unpaired) electrons. The Morgan fingerprint density at radius 1 is 1.43 bits per heavy atom. The highest BCUT2D eigenvalue weighted by atomic mass is 16.3. The fraction of sp³-hybridized carbons (Fsp3) is 0.300. The molecule has 1 aromatic carbocycles. The van der Waals surface area contributed by atoms with Crippen LogP contribution >= 0.6 is 0 Å². The summed E-state index contributed by atoms with van der Waals surface area (Å²) >= 11 is 0. The second-order valence-corrected chi connectivity index (χ2v) is 3.12. The molecule has 2 rings (SSSR count). The zero-order chi connectivity index (χ0) is 10.1. The molecular weight excluding hydrogens is 180 g/mol. The molecule has 4 heteroatoms.